The fraction of sp³-hybridized carbons (Fsp3) is 0. The zero-order valence-electron chi connectivity index (χ0n) is 34.1. The van der Waals surface area contributed by atoms with Crippen molar-refractivity contribution in [2.24, 2.45) is 0 Å². The summed E-state index contributed by atoms with van der Waals surface area (Å²) in [6, 6.07) is 78.5. The van der Waals surface area contributed by atoms with Crippen molar-refractivity contribution in [1.29, 1.82) is 0 Å². The average molecular weight is 804 g/mol. The predicted molar refractivity (Wildman–Crippen MR) is 260 cm³/mol. The van der Waals surface area contributed by atoms with E-state index in [2.05, 4.69) is 194 Å². The summed E-state index contributed by atoms with van der Waals surface area (Å²) in [6.07, 6.45) is 0. The molecule has 294 valence electrons. The topological polar surface area (TPSA) is 51.8 Å². The van der Waals surface area contributed by atoms with E-state index in [1.165, 1.54) is 0 Å². The average Bonchev–Trinajstić information content (AvgIpc) is 3.76. The second-order valence-electron chi connectivity index (χ2n) is 15.9. The Kier molecular flexibility index (Phi) is 8.79. The molecular formula is C59H37N3O. The van der Waals surface area contributed by atoms with Crippen LogP contribution >= 0.6 is 0 Å². The molecule has 0 aliphatic rings. The fourth-order valence-electron chi connectivity index (χ4n) is 9.05. The summed E-state index contributed by atoms with van der Waals surface area (Å²) >= 11 is 0. The first kappa shape index (κ1) is 36.4. The van der Waals surface area contributed by atoms with Gasteiger partial charge in [0.25, 0.3) is 0 Å². The Labute approximate surface area is 364 Å². The molecule has 9 aromatic carbocycles. The number of furan rings is 1. The minimum atomic E-state index is 0.667. The van der Waals surface area contributed by atoms with Crippen molar-refractivity contribution in [1.82, 2.24) is 15.0 Å². The second kappa shape index (κ2) is 15.2. The van der Waals surface area contributed by atoms with Crippen LogP contribution in [0.2, 0.25) is 0 Å². The maximum atomic E-state index is 6.63. The number of rotatable bonds is 7. The number of fused-ring (bicyclic) bond motifs is 7. The summed E-state index contributed by atoms with van der Waals surface area (Å²) in [5, 5.41) is 5.39. The first-order chi connectivity index (χ1) is 31.2. The highest BCUT2D eigenvalue weighted by Crippen LogP contribution is 2.44. The Morgan fingerprint density at radius 2 is 0.778 bits per heavy atom. The first-order valence-electron chi connectivity index (χ1n) is 21.3. The van der Waals surface area contributed by atoms with Crippen molar-refractivity contribution >= 4 is 43.6 Å². The first-order valence-corrected chi connectivity index (χ1v) is 21.3. The van der Waals surface area contributed by atoms with Gasteiger partial charge in [-0.05, 0) is 58.1 Å². The highest BCUT2D eigenvalue weighted by molar-refractivity contribution is 6.24. The smallest absolute Gasteiger partial charge is 0.160 e. The molecule has 0 amide bonds. The summed E-state index contributed by atoms with van der Waals surface area (Å²) in [6.45, 7) is 0. The maximum Gasteiger partial charge on any atom is 0.160 e. The van der Waals surface area contributed by atoms with E-state index in [4.69, 9.17) is 19.4 Å². The lowest BCUT2D eigenvalue weighted by Gasteiger charge is -2.18. The molecule has 0 spiro atoms. The molecule has 0 unspecified atom stereocenters. The molecule has 0 bridgehead atoms. The van der Waals surface area contributed by atoms with Gasteiger partial charge in [0.2, 0.25) is 0 Å². The lowest BCUT2D eigenvalue weighted by atomic mass is 9.91. The fourth-order valence-corrected chi connectivity index (χ4v) is 9.05. The van der Waals surface area contributed by atoms with Crippen molar-refractivity contribution < 1.29 is 4.42 Å². The van der Waals surface area contributed by atoms with E-state index < -0.39 is 0 Å². The lowest BCUT2D eigenvalue weighted by Crippen LogP contribution is -2.01. The van der Waals surface area contributed by atoms with Gasteiger partial charge in [-0.3, -0.25) is 0 Å². The van der Waals surface area contributed by atoms with Gasteiger partial charge in [0.15, 0.2) is 5.82 Å². The number of hydrogen-bond acceptors (Lipinski definition) is 4. The Morgan fingerprint density at radius 1 is 0.286 bits per heavy atom. The van der Waals surface area contributed by atoms with Crippen LogP contribution in [0.15, 0.2) is 229 Å². The third kappa shape index (κ3) is 6.44. The predicted octanol–water partition coefficient (Wildman–Crippen LogP) is 15.7. The van der Waals surface area contributed by atoms with Gasteiger partial charge in [-0.25, -0.2) is 15.0 Å². The number of hydrogen-bond donors (Lipinski definition) is 0. The number of benzene rings is 9. The van der Waals surface area contributed by atoms with Crippen molar-refractivity contribution in [2.45, 2.75) is 0 Å². The highest BCUT2D eigenvalue weighted by atomic mass is 16.3. The van der Waals surface area contributed by atoms with Crippen molar-refractivity contribution in [3.05, 3.63) is 224 Å². The number of pyridine rings is 1. The zero-order valence-corrected chi connectivity index (χ0v) is 34.1. The number of nitrogens with zero attached hydrogens (tertiary/aromatic N) is 3. The summed E-state index contributed by atoms with van der Waals surface area (Å²) in [4.78, 5) is 16.2. The summed E-state index contributed by atoms with van der Waals surface area (Å²) in [7, 11) is 0. The summed E-state index contributed by atoms with van der Waals surface area (Å²) in [5.41, 5.74) is 15.8. The van der Waals surface area contributed by atoms with Crippen molar-refractivity contribution in [3.63, 3.8) is 0 Å². The van der Waals surface area contributed by atoms with Gasteiger partial charge in [0, 0.05) is 54.7 Å². The molecule has 0 N–H and O–H groups in total. The Balaban J connectivity index is 1.09. The van der Waals surface area contributed by atoms with E-state index >= 15 is 0 Å². The van der Waals surface area contributed by atoms with Gasteiger partial charge in [-0.1, -0.05) is 194 Å². The van der Waals surface area contributed by atoms with Crippen LogP contribution in [-0.4, -0.2) is 15.0 Å². The van der Waals surface area contributed by atoms with Crippen LogP contribution in [0.3, 0.4) is 0 Å². The van der Waals surface area contributed by atoms with Gasteiger partial charge in [-0.2, -0.15) is 0 Å². The van der Waals surface area contributed by atoms with Crippen LogP contribution in [0.25, 0.3) is 122 Å². The van der Waals surface area contributed by atoms with Gasteiger partial charge in [0.1, 0.15) is 11.2 Å². The van der Waals surface area contributed by atoms with Gasteiger partial charge in [-0.15, -0.1) is 0 Å². The zero-order chi connectivity index (χ0) is 41.7. The molecule has 63 heavy (non-hydrogen) atoms. The van der Waals surface area contributed by atoms with Crippen molar-refractivity contribution in [2.75, 3.05) is 0 Å². The lowest BCUT2D eigenvalue weighted by molar-refractivity contribution is 0.673. The van der Waals surface area contributed by atoms with E-state index in [9.17, 15) is 0 Å². The quantitative estimate of drug-likeness (QED) is 0.151. The van der Waals surface area contributed by atoms with E-state index in [-0.39, 0.29) is 0 Å². The molecule has 0 atom stereocenters. The Hall–Kier alpha value is -8.47. The normalized spacial score (nSPS) is 11.5. The summed E-state index contributed by atoms with van der Waals surface area (Å²) in [5.74, 6) is 0.667. The van der Waals surface area contributed by atoms with Crippen LogP contribution in [0.1, 0.15) is 0 Å². The van der Waals surface area contributed by atoms with Gasteiger partial charge in [0.05, 0.1) is 22.6 Å². The summed E-state index contributed by atoms with van der Waals surface area (Å²) < 4.78 is 6.63. The molecule has 4 heteroatoms. The third-order valence-corrected chi connectivity index (χ3v) is 12.1. The van der Waals surface area contributed by atoms with E-state index in [1.807, 2.05) is 30.3 Å². The number of para-hydroxylation sites is 2. The molecule has 0 aliphatic carbocycles. The monoisotopic (exact) mass is 803 g/mol. The van der Waals surface area contributed by atoms with Crippen LogP contribution in [0.4, 0.5) is 0 Å². The van der Waals surface area contributed by atoms with Crippen LogP contribution < -0.4 is 0 Å². The maximum absolute atomic E-state index is 6.63. The minimum Gasteiger partial charge on any atom is -0.455 e. The van der Waals surface area contributed by atoms with E-state index in [0.717, 1.165) is 116 Å². The third-order valence-electron chi connectivity index (χ3n) is 12.1. The largest absolute Gasteiger partial charge is 0.455 e. The van der Waals surface area contributed by atoms with Crippen LogP contribution in [0, 0.1) is 0 Å². The van der Waals surface area contributed by atoms with Crippen LogP contribution in [-0.2, 0) is 0 Å². The molecule has 0 saturated heterocycles. The van der Waals surface area contributed by atoms with Gasteiger partial charge < -0.3 is 4.42 Å². The second-order valence-corrected chi connectivity index (χ2v) is 15.9. The SMILES string of the molecule is c1ccc(-c2cccc(-c3nc(-c4ccccc4)nc(-c4cccc(-c5ccccc5)c4)c3-c3ccc(-c4nc5ccccc5c5c4ccc4c6ccccc6oc45)cc3)c2)cc1. The van der Waals surface area contributed by atoms with E-state index in [0.29, 0.717) is 5.82 Å². The molecule has 12 rings (SSSR count). The van der Waals surface area contributed by atoms with E-state index in [1.54, 1.807) is 0 Å². The molecule has 4 nitrogen and oxygen atoms in total. The standard InChI is InChI=1S/C59H37N3O/c1-4-16-38(17-5-1)43-22-14-24-45(36-43)56-53(57(62-59(61-56)42-20-8-3-9-21-42)46-25-15-23-44(37-46)39-18-6-2-7-19-39)40-30-32-41(33-31-40)55-50-35-34-48-47-26-11-13-29-52(47)63-58(48)54(50)49-27-10-12-28-51(49)60-55/h1-37H. The van der Waals surface area contributed by atoms with Crippen LogP contribution in [0.5, 0.6) is 0 Å². The molecule has 0 radical (unpaired) electrons. The Bertz CT molecular complexity index is 3550. The molecule has 3 aromatic heterocycles. The highest BCUT2D eigenvalue weighted by Gasteiger charge is 2.22. The molecule has 0 aliphatic heterocycles. The van der Waals surface area contributed by atoms with Gasteiger partial charge >= 0.3 is 0 Å². The minimum absolute atomic E-state index is 0.667. The molecule has 0 saturated carbocycles. The number of aromatic nitrogens is 3. The van der Waals surface area contributed by atoms with Crippen molar-refractivity contribution in [3.8, 4) is 78.5 Å². The molecule has 0 fully saturated rings. The molecule has 12 aromatic rings. The Morgan fingerprint density at radius 3 is 1.41 bits per heavy atom. The molecular weight excluding hydrogens is 767 g/mol. The molecule has 3 heterocycles.